The lowest BCUT2D eigenvalue weighted by Crippen LogP contribution is -2.28. The summed E-state index contributed by atoms with van der Waals surface area (Å²) < 4.78 is 6.89. The minimum absolute atomic E-state index is 0.00665. The molecule has 5 rings (SSSR count). The summed E-state index contributed by atoms with van der Waals surface area (Å²) in [6, 6.07) is 15.8. The predicted molar refractivity (Wildman–Crippen MR) is 131 cm³/mol. The smallest absolute Gasteiger partial charge is 0.358 e. The van der Waals surface area contributed by atoms with Crippen molar-refractivity contribution in [2.24, 2.45) is 0 Å². The second kappa shape index (κ2) is 9.18. The van der Waals surface area contributed by atoms with Crippen molar-refractivity contribution in [2.45, 2.75) is 32.7 Å². The molecule has 3 heterocycles. The number of phenolic OH excluding ortho intramolecular Hbond substituents is 1. The SMILES string of the molecule is CCOC(=O)c1cc2n(n1)C(c1ccc(O)cc1)C(C(=O)Cc1ccc3cnccc3c1)=C(C)C2. The van der Waals surface area contributed by atoms with E-state index in [9.17, 15) is 14.7 Å². The van der Waals surface area contributed by atoms with Gasteiger partial charge in [-0.2, -0.15) is 5.10 Å². The molecule has 0 amide bonds. The van der Waals surface area contributed by atoms with E-state index in [1.54, 1.807) is 54.3 Å². The van der Waals surface area contributed by atoms with E-state index < -0.39 is 12.0 Å². The number of ketones is 1. The number of phenols is 1. The van der Waals surface area contributed by atoms with Gasteiger partial charge >= 0.3 is 5.97 Å². The van der Waals surface area contributed by atoms with Gasteiger partial charge in [0.25, 0.3) is 0 Å². The number of aromatic hydroxyl groups is 1. The standard InChI is InChI=1S/C28H25N3O4/c1-3-35-28(34)24-15-22-12-17(2)26(27(31(22)30-24)19-6-8-23(32)9-7-19)25(33)14-18-4-5-21-16-29-11-10-20(21)13-18/h4-11,13,15-16,27,32H,3,12,14H2,1-2H3. The Hall–Kier alpha value is -4.26. The summed E-state index contributed by atoms with van der Waals surface area (Å²) in [5.74, 6) is -0.362. The van der Waals surface area contributed by atoms with Crippen LogP contribution < -0.4 is 0 Å². The van der Waals surface area contributed by atoms with Crippen LogP contribution in [0.3, 0.4) is 0 Å². The number of Topliss-reactive ketones (excluding diaryl/α,β-unsaturated/α-hetero) is 1. The van der Waals surface area contributed by atoms with Crippen LogP contribution in [0.4, 0.5) is 0 Å². The fourth-order valence-corrected chi connectivity index (χ4v) is 4.69. The van der Waals surface area contributed by atoms with Crippen LogP contribution in [0.2, 0.25) is 0 Å². The van der Waals surface area contributed by atoms with Gasteiger partial charge in [0.05, 0.1) is 6.61 Å². The van der Waals surface area contributed by atoms with Crippen molar-refractivity contribution in [3.63, 3.8) is 0 Å². The molecule has 1 N–H and O–H groups in total. The third-order valence-electron chi connectivity index (χ3n) is 6.30. The molecule has 0 saturated carbocycles. The second-order valence-electron chi connectivity index (χ2n) is 8.71. The Kier molecular flexibility index (Phi) is 5.91. The third-order valence-corrected chi connectivity index (χ3v) is 6.30. The van der Waals surface area contributed by atoms with Crippen LogP contribution >= 0.6 is 0 Å². The largest absolute Gasteiger partial charge is 0.508 e. The molecule has 2 aromatic carbocycles. The van der Waals surface area contributed by atoms with E-state index >= 15 is 0 Å². The molecule has 0 aliphatic carbocycles. The molecule has 176 valence electrons. The molecule has 1 atom stereocenters. The van der Waals surface area contributed by atoms with Crippen LogP contribution in [-0.2, 0) is 22.4 Å². The van der Waals surface area contributed by atoms with E-state index in [0.29, 0.717) is 12.0 Å². The molecular weight excluding hydrogens is 442 g/mol. The molecule has 1 aliphatic rings. The molecule has 1 aliphatic heterocycles. The van der Waals surface area contributed by atoms with E-state index in [4.69, 9.17) is 4.74 Å². The molecule has 0 spiro atoms. The van der Waals surface area contributed by atoms with Crippen LogP contribution in [0.25, 0.3) is 10.8 Å². The zero-order chi connectivity index (χ0) is 24.5. The summed E-state index contributed by atoms with van der Waals surface area (Å²) in [6.45, 7) is 3.96. The van der Waals surface area contributed by atoms with Crippen LogP contribution in [0, 0.1) is 0 Å². The number of carbonyl (C=O) groups excluding carboxylic acids is 2. The molecule has 7 heteroatoms. The van der Waals surface area contributed by atoms with Gasteiger partial charge in [-0.25, -0.2) is 4.79 Å². The predicted octanol–water partition coefficient (Wildman–Crippen LogP) is 4.59. The lowest BCUT2D eigenvalue weighted by atomic mass is 9.85. The van der Waals surface area contributed by atoms with E-state index in [1.807, 2.05) is 31.2 Å². The van der Waals surface area contributed by atoms with Gasteiger partial charge in [-0.1, -0.05) is 35.9 Å². The maximum absolute atomic E-state index is 13.8. The average Bonchev–Trinajstić information content (AvgIpc) is 3.27. The summed E-state index contributed by atoms with van der Waals surface area (Å²) in [5, 5.41) is 16.4. The Morgan fingerprint density at radius 2 is 1.89 bits per heavy atom. The monoisotopic (exact) mass is 467 g/mol. The van der Waals surface area contributed by atoms with Crippen LogP contribution in [0.5, 0.6) is 5.75 Å². The first kappa shape index (κ1) is 22.5. The van der Waals surface area contributed by atoms with Crippen LogP contribution in [-0.4, -0.2) is 38.2 Å². The molecule has 7 nitrogen and oxygen atoms in total. The Bertz CT molecular complexity index is 1470. The maximum atomic E-state index is 13.8. The highest BCUT2D eigenvalue weighted by Crippen LogP contribution is 2.37. The van der Waals surface area contributed by atoms with Crippen LogP contribution in [0.15, 0.2) is 78.1 Å². The zero-order valence-corrected chi connectivity index (χ0v) is 19.6. The fourth-order valence-electron chi connectivity index (χ4n) is 4.69. The number of ether oxygens (including phenoxy) is 1. The van der Waals surface area contributed by atoms with Crippen molar-refractivity contribution in [2.75, 3.05) is 6.61 Å². The number of pyridine rings is 1. The van der Waals surface area contributed by atoms with Gasteiger partial charge in [-0.3, -0.25) is 14.5 Å². The minimum Gasteiger partial charge on any atom is -0.508 e. The number of esters is 1. The lowest BCUT2D eigenvalue weighted by Gasteiger charge is -2.29. The molecule has 0 fully saturated rings. The van der Waals surface area contributed by atoms with Crippen molar-refractivity contribution in [3.8, 4) is 5.75 Å². The molecule has 1 unspecified atom stereocenters. The highest BCUT2D eigenvalue weighted by molar-refractivity contribution is 6.00. The number of rotatable bonds is 6. The summed E-state index contributed by atoms with van der Waals surface area (Å²) >= 11 is 0. The molecule has 4 aromatic rings. The molecule has 0 radical (unpaired) electrons. The molecule has 35 heavy (non-hydrogen) atoms. The Labute approximate surface area is 202 Å². The average molecular weight is 468 g/mol. The van der Waals surface area contributed by atoms with Gasteiger partial charge in [-0.05, 0) is 54.6 Å². The summed E-state index contributed by atoms with van der Waals surface area (Å²) in [5.41, 5.74) is 4.34. The number of hydrogen-bond donors (Lipinski definition) is 1. The van der Waals surface area contributed by atoms with Gasteiger partial charge in [0.2, 0.25) is 0 Å². The Morgan fingerprint density at radius 3 is 2.66 bits per heavy atom. The van der Waals surface area contributed by atoms with E-state index in [0.717, 1.165) is 33.2 Å². The van der Waals surface area contributed by atoms with Gasteiger partial charge in [0.15, 0.2) is 11.5 Å². The van der Waals surface area contributed by atoms with Crippen molar-refractivity contribution >= 4 is 22.5 Å². The Morgan fingerprint density at radius 1 is 1.09 bits per heavy atom. The first-order valence-electron chi connectivity index (χ1n) is 11.5. The normalized spacial score (nSPS) is 15.2. The zero-order valence-electron chi connectivity index (χ0n) is 19.6. The van der Waals surface area contributed by atoms with Gasteiger partial charge in [0.1, 0.15) is 11.8 Å². The summed E-state index contributed by atoms with van der Waals surface area (Å²) in [4.78, 5) is 30.3. The quantitative estimate of drug-likeness (QED) is 0.417. The van der Waals surface area contributed by atoms with Crippen LogP contribution in [0.1, 0.15) is 47.2 Å². The van der Waals surface area contributed by atoms with Crippen molar-refractivity contribution in [1.29, 1.82) is 0 Å². The summed E-state index contributed by atoms with van der Waals surface area (Å²) in [7, 11) is 0. The van der Waals surface area contributed by atoms with Gasteiger partial charge < -0.3 is 9.84 Å². The van der Waals surface area contributed by atoms with Gasteiger partial charge in [0, 0.05) is 41.9 Å². The summed E-state index contributed by atoms with van der Waals surface area (Å²) in [6.07, 6.45) is 4.28. The minimum atomic E-state index is -0.514. The number of allylic oxidation sites excluding steroid dienone is 2. The topological polar surface area (TPSA) is 94.3 Å². The number of nitrogens with zero attached hydrogens (tertiary/aromatic N) is 3. The van der Waals surface area contributed by atoms with Gasteiger partial charge in [-0.15, -0.1) is 0 Å². The number of hydrogen-bond acceptors (Lipinski definition) is 6. The molecular formula is C28H25N3O4. The highest BCUT2D eigenvalue weighted by atomic mass is 16.5. The fraction of sp³-hybridized carbons (Fsp3) is 0.214. The number of benzene rings is 2. The molecule has 0 bridgehead atoms. The molecule has 2 aromatic heterocycles. The van der Waals surface area contributed by atoms with E-state index in [-0.39, 0.29) is 30.3 Å². The number of aromatic nitrogens is 3. The van der Waals surface area contributed by atoms with E-state index in [2.05, 4.69) is 10.1 Å². The maximum Gasteiger partial charge on any atom is 0.358 e. The van der Waals surface area contributed by atoms with E-state index in [1.165, 1.54) is 0 Å². The first-order chi connectivity index (χ1) is 16.9. The Balaban J connectivity index is 1.55. The van der Waals surface area contributed by atoms with Crippen molar-refractivity contribution in [3.05, 3.63) is 101 Å². The second-order valence-corrected chi connectivity index (χ2v) is 8.71. The highest BCUT2D eigenvalue weighted by Gasteiger charge is 2.34. The molecule has 0 saturated heterocycles. The van der Waals surface area contributed by atoms with Crippen molar-refractivity contribution in [1.82, 2.24) is 14.8 Å². The van der Waals surface area contributed by atoms with Crippen molar-refractivity contribution < 1.29 is 19.4 Å². The lowest BCUT2D eigenvalue weighted by molar-refractivity contribution is -0.115. The first-order valence-corrected chi connectivity index (χ1v) is 11.5. The number of carbonyl (C=O) groups is 2. The third kappa shape index (κ3) is 4.33. The number of fused-ring (bicyclic) bond motifs is 2.